The Balaban J connectivity index is 1.99. The van der Waals surface area contributed by atoms with Crippen molar-refractivity contribution in [3.05, 3.63) is 54.0 Å². The maximum Gasteiger partial charge on any atom is 0.451 e. The number of hydrogen-bond donors (Lipinski definition) is 1. The molecule has 0 amide bonds. The molecule has 2 rings (SSSR count). The summed E-state index contributed by atoms with van der Waals surface area (Å²) in [5.74, 6) is -0.997. The van der Waals surface area contributed by atoms with E-state index in [0.29, 0.717) is 13.0 Å². The number of aliphatic hydroxyl groups excluding tert-OH is 1. The Hall–Kier alpha value is -2.15. The summed E-state index contributed by atoms with van der Waals surface area (Å²) in [6.07, 6.45) is -3.78. The molecule has 1 N–H and O–H groups in total. The van der Waals surface area contributed by atoms with Crippen LogP contribution < -0.4 is 4.90 Å². The van der Waals surface area contributed by atoms with E-state index in [1.165, 1.54) is 6.07 Å². The molecule has 118 valence electrons. The standard InChI is InChI=1S/C15H16F3N3O/c1-21(10-8-12(22)11-5-3-2-4-6-11)13-7-9-19-14(20-13)15(16,17)18/h2-7,9,12,22H,8,10H2,1H3/t12-/m1/s1. The van der Waals surface area contributed by atoms with Crippen LogP contribution in [0, 0.1) is 0 Å². The maximum absolute atomic E-state index is 12.6. The van der Waals surface area contributed by atoms with Gasteiger partial charge in [0.1, 0.15) is 5.82 Å². The largest absolute Gasteiger partial charge is 0.451 e. The van der Waals surface area contributed by atoms with E-state index < -0.39 is 18.1 Å². The van der Waals surface area contributed by atoms with Crippen molar-refractivity contribution in [1.29, 1.82) is 0 Å². The lowest BCUT2D eigenvalue weighted by Gasteiger charge is -2.20. The molecule has 4 nitrogen and oxygen atoms in total. The van der Waals surface area contributed by atoms with E-state index in [9.17, 15) is 18.3 Å². The van der Waals surface area contributed by atoms with Crippen molar-refractivity contribution in [1.82, 2.24) is 9.97 Å². The fourth-order valence-corrected chi connectivity index (χ4v) is 1.97. The second kappa shape index (κ2) is 6.74. The minimum Gasteiger partial charge on any atom is -0.388 e. The predicted octanol–water partition coefficient (Wildman–Crippen LogP) is 3.06. The third kappa shape index (κ3) is 4.17. The second-order valence-corrected chi connectivity index (χ2v) is 4.87. The molecular formula is C15H16F3N3O. The number of rotatable bonds is 5. The molecule has 22 heavy (non-hydrogen) atoms. The fourth-order valence-electron chi connectivity index (χ4n) is 1.97. The van der Waals surface area contributed by atoms with Crippen LogP contribution in [0.1, 0.15) is 23.9 Å². The SMILES string of the molecule is CN(CC[C@@H](O)c1ccccc1)c1ccnc(C(F)(F)F)n1. The van der Waals surface area contributed by atoms with Gasteiger partial charge in [0.15, 0.2) is 0 Å². The van der Waals surface area contributed by atoms with E-state index in [-0.39, 0.29) is 5.82 Å². The monoisotopic (exact) mass is 311 g/mol. The summed E-state index contributed by atoms with van der Waals surface area (Å²) in [7, 11) is 1.63. The van der Waals surface area contributed by atoms with Gasteiger partial charge in [-0.1, -0.05) is 30.3 Å². The predicted molar refractivity (Wildman–Crippen MR) is 76.3 cm³/mol. The van der Waals surface area contributed by atoms with Crippen LogP contribution in [0.4, 0.5) is 19.0 Å². The van der Waals surface area contributed by atoms with Gasteiger partial charge in [0, 0.05) is 19.8 Å². The first-order valence-electron chi connectivity index (χ1n) is 6.72. The van der Waals surface area contributed by atoms with Crippen molar-refractivity contribution in [2.45, 2.75) is 18.7 Å². The van der Waals surface area contributed by atoms with Crippen LogP contribution in [0.25, 0.3) is 0 Å². The summed E-state index contributed by atoms with van der Waals surface area (Å²) in [6.45, 7) is 0.365. The molecule has 0 fully saturated rings. The molecule has 0 aliphatic carbocycles. The molecule has 2 aromatic rings. The smallest absolute Gasteiger partial charge is 0.388 e. The van der Waals surface area contributed by atoms with Crippen molar-refractivity contribution in [3.8, 4) is 0 Å². The normalized spacial score (nSPS) is 13.0. The molecule has 0 saturated heterocycles. The molecule has 0 unspecified atom stereocenters. The van der Waals surface area contributed by atoms with Crippen molar-refractivity contribution >= 4 is 5.82 Å². The Kier molecular flexibility index (Phi) is 4.97. The van der Waals surface area contributed by atoms with E-state index >= 15 is 0 Å². The quantitative estimate of drug-likeness (QED) is 0.922. The van der Waals surface area contributed by atoms with Crippen molar-refractivity contribution < 1.29 is 18.3 Å². The molecule has 7 heteroatoms. The van der Waals surface area contributed by atoms with Gasteiger partial charge in [-0.15, -0.1) is 0 Å². The van der Waals surface area contributed by atoms with Crippen LogP contribution in [0.3, 0.4) is 0 Å². The van der Waals surface area contributed by atoms with Gasteiger partial charge in [-0.3, -0.25) is 0 Å². The van der Waals surface area contributed by atoms with Crippen LogP contribution in [0.5, 0.6) is 0 Å². The van der Waals surface area contributed by atoms with Gasteiger partial charge < -0.3 is 10.0 Å². The van der Waals surface area contributed by atoms with Crippen molar-refractivity contribution in [2.75, 3.05) is 18.5 Å². The van der Waals surface area contributed by atoms with E-state index in [1.807, 2.05) is 18.2 Å². The summed E-state index contributed by atoms with van der Waals surface area (Å²) in [6, 6.07) is 10.5. The highest BCUT2D eigenvalue weighted by molar-refractivity contribution is 5.36. The molecule has 1 aromatic carbocycles. The van der Waals surface area contributed by atoms with E-state index in [0.717, 1.165) is 11.8 Å². The van der Waals surface area contributed by atoms with E-state index in [1.54, 1.807) is 24.1 Å². The zero-order chi connectivity index (χ0) is 16.2. The zero-order valence-electron chi connectivity index (χ0n) is 12.0. The molecule has 0 saturated carbocycles. The molecule has 0 aliphatic rings. The number of halogens is 3. The Morgan fingerprint density at radius 3 is 2.50 bits per heavy atom. The third-order valence-corrected chi connectivity index (χ3v) is 3.21. The highest BCUT2D eigenvalue weighted by atomic mass is 19.4. The Morgan fingerprint density at radius 1 is 1.18 bits per heavy atom. The lowest BCUT2D eigenvalue weighted by molar-refractivity contribution is -0.144. The van der Waals surface area contributed by atoms with Crippen LogP contribution in [0.15, 0.2) is 42.6 Å². The number of aromatic nitrogens is 2. The molecule has 1 atom stereocenters. The molecule has 1 aromatic heterocycles. The second-order valence-electron chi connectivity index (χ2n) is 4.87. The van der Waals surface area contributed by atoms with Gasteiger partial charge in [0.05, 0.1) is 6.10 Å². The first-order valence-corrected chi connectivity index (χ1v) is 6.72. The lowest BCUT2D eigenvalue weighted by atomic mass is 10.1. The Morgan fingerprint density at radius 2 is 1.86 bits per heavy atom. The van der Waals surface area contributed by atoms with Gasteiger partial charge in [-0.25, -0.2) is 9.97 Å². The molecule has 0 radical (unpaired) electrons. The Bertz CT molecular complexity index is 604. The molecule has 0 spiro atoms. The summed E-state index contributed by atoms with van der Waals surface area (Å²) >= 11 is 0. The molecule has 0 aliphatic heterocycles. The number of aliphatic hydroxyl groups is 1. The first-order chi connectivity index (χ1) is 10.4. The fraction of sp³-hybridized carbons (Fsp3) is 0.333. The number of anilines is 1. The van der Waals surface area contributed by atoms with Gasteiger partial charge >= 0.3 is 6.18 Å². The third-order valence-electron chi connectivity index (χ3n) is 3.21. The molecular weight excluding hydrogens is 295 g/mol. The van der Waals surface area contributed by atoms with Crippen LogP contribution in [-0.2, 0) is 6.18 Å². The van der Waals surface area contributed by atoms with Gasteiger partial charge in [0.2, 0.25) is 5.82 Å². The average Bonchev–Trinajstić information content (AvgIpc) is 2.52. The number of hydrogen-bond acceptors (Lipinski definition) is 4. The van der Waals surface area contributed by atoms with Crippen LogP contribution >= 0.6 is 0 Å². The number of alkyl halides is 3. The van der Waals surface area contributed by atoms with E-state index in [2.05, 4.69) is 9.97 Å². The van der Waals surface area contributed by atoms with Crippen molar-refractivity contribution in [2.24, 2.45) is 0 Å². The minimum atomic E-state index is -4.57. The Labute approximate surface area is 126 Å². The highest BCUT2D eigenvalue weighted by Crippen LogP contribution is 2.27. The van der Waals surface area contributed by atoms with Gasteiger partial charge in [-0.05, 0) is 18.1 Å². The van der Waals surface area contributed by atoms with Crippen LogP contribution in [0.2, 0.25) is 0 Å². The maximum atomic E-state index is 12.6. The lowest BCUT2D eigenvalue weighted by Crippen LogP contribution is -2.23. The van der Waals surface area contributed by atoms with Gasteiger partial charge in [-0.2, -0.15) is 13.2 Å². The van der Waals surface area contributed by atoms with Crippen molar-refractivity contribution in [3.63, 3.8) is 0 Å². The first kappa shape index (κ1) is 16.2. The summed E-state index contributed by atoms with van der Waals surface area (Å²) in [4.78, 5) is 8.29. The minimum absolute atomic E-state index is 0.169. The zero-order valence-corrected chi connectivity index (χ0v) is 12.0. The summed E-state index contributed by atoms with van der Waals surface area (Å²) in [5, 5.41) is 10.1. The van der Waals surface area contributed by atoms with Gasteiger partial charge in [0.25, 0.3) is 0 Å². The van der Waals surface area contributed by atoms with E-state index in [4.69, 9.17) is 0 Å². The average molecular weight is 311 g/mol. The molecule has 1 heterocycles. The van der Waals surface area contributed by atoms with Crippen LogP contribution in [-0.4, -0.2) is 28.7 Å². The summed E-state index contributed by atoms with van der Waals surface area (Å²) < 4.78 is 37.7. The number of benzene rings is 1. The number of nitrogens with zero attached hydrogens (tertiary/aromatic N) is 3. The highest BCUT2D eigenvalue weighted by Gasteiger charge is 2.34. The topological polar surface area (TPSA) is 49.2 Å². The molecule has 0 bridgehead atoms. The summed E-state index contributed by atoms with van der Waals surface area (Å²) in [5.41, 5.74) is 0.773.